The van der Waals surface area contributed by atoms with Crippen LogP contribution in [-0.4, -0.2) is 35.1 Å². The van der Waals surface area contributed by atoms with Gasteiger partial charge in [-0.25, -0.2) is 4.98 Å². The Morgan fingerprint density at radius 2 is 2.42 bits per heavy atom. The molecule has 0 radical (unpaired) electrons. The van der Waals surface area contributed by atoms with E-state index in [2.05, 4.69) is 15.3 Å². The van der Waals surface area contributed by atoms with Crippen molar-refractivity contribution in [1.29, 1.82) is 0 Å². The first-order chi connectivity index (χ1) is 9.28. The van der Waals surface area contributed by atoms with Crippen LogP contribution in [0, 0.1) is 5.92 Å². The lowest BCUT2D eigenvalue weighted by atomic mass is 9.80. The van der Waals surface area contributed by atoms with Crippen molar-refractivity contribution in [3.05, 3.63) is 18.2 Å². The summed E-state index contributed by atoms with van der Waals surface area (Å²) in [5.74, 6) is 1.66. The molecule has 0 saturated heterocycles. The summed E-state index contributed by atoms with van der Waals surface area (Å²) < 4.78 is 5.49. The molecule has 1 aliphatic carbocycles. The number of amides is 1. The number of carbonyl (C=O) groups excluding carboxylic acids is 1. The number of hydrogen-bond acceptors (Lipinski definition) is 3. The zero-order valence-electron chi connectivity index (χ0n) is 11.5. The molecule has 0 aliphatic heterocycles. The van der Waals surface area contributed by atoms with Crippen LogP contribution in [0.5, 0.6) is 0 Å². The van der Waals surface area contributed by atoms with E-state index in [1.807, 2.05) is 13.1 Å². The van der Waals surface area contributed by atoms with Gasteiger partial charge >= 0.3 is 0 Å². The van der Waals surface area contributed by atoms with Crippen molar-refractivity contribution in [3.8, 4) is 0 Å². The van der Waals surface area contributed by atoms with Gasteiger partial charge in [-0.05, 0) is 32.1 Å². The average Bonchev–Trinajstić information content (AvgIpc) is 2.85. The second-order valence-electron chi connectivity index (χ2n) is 5.11. The Morgan fingerprint density at radius 1 is 1.58 bits per heavy atom. The summed E-state index contributed by atoms with van der Waals surface area (Å²) in [6.45, 7) is 3.51. The van der Waals surface area contributed by atoms with Gasteiger partial charge in [0, 0.05) is 38.4 Å². The average molecular weight is 265 g/mol. The van der Waals surface area contributed by atoms with Crippen LogP contribution in [-0.2, 0) is 16.0 Å². The summed E-state index contributed by atoms with van der Waals surface area (Å²) in [7, 11) is 0. The highest BCUT2D eigenvalue weighted by Crippen LogP contribution is 2.32. The van der Waals surface area contributed by atoms with Crippen LogP contribution in [0.1, 0.15) is 38.4 Å². The predicted molar refractivity (Wildman–Crippen MR) is 72.7 cm³/mol. The van der Waals surface area contributed by atoms with Crippen molar-refractivity contribution in [2.24, 2.45) is 5.92 Å². The van der Waals surface area contributed by atoms with Gasteiger partial charge in [-0.2, -0.15) is 0 Å². The first-order valence-corrected chi connectivity index (χ1v) is 7.14. The molecule has 1 aromatic heterocycles. The van der Waals surface area contributed by atoms with E-state index >= 15 is 0 Å². The van der Waals surface area contributed by atoms with Crippen LogP contribution in [0.25, 0.3) is 0 Å². The van der Waals surface area contributed by atoms with Crippen molar-refractivity contribution < 1.29 is 9.53 Å². The lowest BCUT2D eigenvalue weighted by Gasteiger charge is -2.34. The molecule has 0 aromatic carbocycles. The van der Waals surface area contributed by atoms with Gasteiger partial charge in [-0.15, -0.1) is 0 Å². The maximum Gasteiger partial charge on any atom is 0.220 e. The second kappa shape index (κ2) is 7.28. The lowest BCUT2D eigenvalue weighted by molar-refractivity contribution is -0.124. The van der Waals surface area contributed by atoms with Gasteiger partial charge < -0.3 is 15.0 Å². The van der Waals surface area contributed by atoms with Crippen LogP contribution >= 0.6 is 0 Å². The molecule has 2 N–H and O–H groups in total. The third-order valence-corrected chi connectivity index (χ3v) is 3.54. The van der Waals surface area contributed by atoms with E-state index in [4.69, 9.17) is 4.74 Å². The molecule has 1 aliphatic rings. The van der Waals surface area contributed by atoms with Gasteiger partial charge in [0.15, 0.2) is 0 Å². The fraction of sp³-hybridized carbons (Fsp3) is 0.714. The number of H-pyrrole nitrogens is 1. The van der Waals surface area contributed by atoms with Gasteiger partial charge in [-0.3, -0.25) is 4.79 Å². The first kappa shape index (κ1) is 14.1. The van der Waals surface area contributed by atoms with Gasteiger partial charge in [0.2, 0.25) is 5.91 Å². The van der Waals surface area contributed by atoms with Crippen molar-refractivity contribution in [2.45, 2.75) is 45.1 Å². The molecule has 1 fully saturated rings. The van der Waals surface area contributed by atoms with Crippen molar-refractivity contribution >= 4 is 5.91 Å². The molecule has 1 heterocycles. The van der Waals surface area contributed by atoms with Crippen LogP contribution in [0.15, 0.2) is 12.4 Å². The summed E-state index contributed by atoms with van der Waals surface area (Å²) in [5, 5.41) is 2.97. The Labute approximate surface area is 114 Å². The highest BCUT2D eigenvalue weighted by atomic mass is 16.5. The molecule has 19 heavy (non-hydrogen) atoms. The number of aromatic nitrogens is 2. The SMILES string of the molecule is CCOC1CC(CC(=O)NCCCc2ncc[nH]2)C1. The number of hydrogen-bond donors (Lipinski definition) is 2. The number of imidazole rings is 1. The summed E-state index contributed by atoms with van der Waals surface area (Å²) in [6.07, 6.45) is 8.47. The summed E-state index contributed by atoms with van der Waals surface area (Å²) >= 11 is 0. The fourth-order valence-corrected chi connectivity index (χ4v) is 2.47. The molecule has 5 nitrogen and oxygen atoms in total. The minimum atomic E-state index is 0.166. The Bertz CT molecular complexity index is 372. The minimum absolute atomic E-state index is 0.166. The third-order valence-electron chi connectivity index (χ3n) is 3.54. The second-order valence-corrected chi connectivity index (χ2v) is 5.11. The first-order valence-electron chi connectivity index (χ1n) is 7.14. The fourth-order valence-electron chi connectivity index (χ4n) is 2.47. The molecule has 0 atom stereocenters. The Morgan fingerprint density at radius 3 is 3.11 bits per heavy atom. The van der Waals surface area contributed by atoms with Crippen LogP contribution in [0.4, 0.5) is 0 Å². The van der Waals surface area contributed by atoms with Gasteiger partial charge in [0.25, 0.3) is 0 Å². The highest BCUT2D eigenvalue weighted by molar-refractivity contribution is 5.76. The molecule has 1 aromatic rings. The Kier molecular flexibility index (Phi) is 5.39. The minimum Gasteiger partial charge on any atom is -0.378 e. The zero-order valence-corrected chi connectivity index (χ0v) is 11.5. The monoisotopic (exact) mass is 265 g/mol. The molecule has 106 valence electrons. The Hall–Kier alpha value is -1.36. The standard InChI is InChI=1S/C14H23N3O2/c1-2-19-12-8-11(9-12)10-14(18)17-5-3-4-13-15-6-7-16-13/h6-7,11-12H,2-5,8-10H2,1H3,(H,15,16)(H,17,18). The summed E-state index contributed by atoms with van der Waals surface area (Å²) in [5.41, 5.74) is 0. The number of aromatic amines is 1. The molecular formula is C14H23N3O2. The maximum atomic E-state index is 11.7. The Balaban J connectivity index is 1.49. The van der Waals surface area contributed by atoms with E-state index in [9.17, 15) is 4.79 Å². The number of carbonyl (C=O) groups is 1. The van der Waals surface area contributed by atoms with E-state index in [0.717, 1.165) is 44.7 Å². The number of aryl methyl sites for hydroxylation is 1. The van der Waals surface area contributed by atoms with Crippen molar-refractivity contribution in [2.75, 3.05) is 13.2 Å². The number of rotatable bonds is 8. The summed E-state index contributed by atoms with van der Waals surface area (Å²) in [4.78, 5) is 18.9. The van der Waals surface area contributed by atoms with Crippen molar-refractivity contribution in [3.63, 3.8) is 0 Å². The van der Waals surface area contributed by atoms with Crippen LogP contribution in [0.2, 0.25) is 0 Å². The number of ether oxygens (including phenoxy) is 1. The van der Waals surface area contributed by atoms with Crippen LogP contribution < -0.4 is 5.32 Å². The largest absolute Gasteiger partial charge is 0.378 e. The number of nitrogens with one attached hydrogen (secondary N) is 2. The molecule has 0 spiro atoms. The zero-order chi connectivity index (χ0) is 13.5. The molecular weight excluding hydrogens is 242 g/mol. The maximum absolute atomic E-state index is 11.7. The normalized spacial score (nSPS) is 21.9. The van der Waals surface area contributed by atoms with Crippen LogP contribution in [0.3, 0.4) is 0 Å². The van der Waals surface area contributed by atoms with E-state index in [1.165, 1.54) is 0 Å². The van der Waals surface area contributed by atoms with Crippen molar-refractivity contribution in [1.82, 2.24) is 15.3 Å². The smallest absolute Gasteiger partial charge is 0.220 e. The van der Waals surface area contributed by atoms with E-state index < -0.39 is 0 Å². The quantitative estimate of drug-likeness (QED) is 0.703. The highest BCUT2D eigenvalue weighted by Gasteiger charge is 2.30. The topological polar surface area (TPSA) is 67.0 Å². The molecule has 0 bridgehead atoms. The predicted octanol–water partition coefficient (Wildman–Crippen LogP) is 1.66. The number of nitrogens with zero attached hydrogens (tertiary/aromatic N) is 1. The third kappa shape index (κ3) is 4.67. The molecule has 2 rings (SSSR count). The van der Waals surface area contributed by atoms with Gasteiger partial charge in [-0.1, -0.05) is 0 Å². The molecule has 1 saturated carbocycles. The summed E-state index contributed by atoms with van der Waals surface area (Å²) in [6, 6.07) is 0. The molecule has 5 heteroatoms. The van der Waals surface area contributed by atoms with E-state index in [1.54, 1.807) is 6.20 Å². The molecule has 1 amide bonds. The van der Waals surface area contributed by atoms with E-state index in [-0.39, 0.29) is 5.91 Å². The van der Waals surface area contributed by atoms with E-state index in [0.29, 0.717) is 18.4 Å². The molecule has 0 unspecified atom stereocenters. The lowest BCUT2D eigenvalue weighted by Crippen LogP contribution is -2.36. The van der Waals surface area contributed by atoms with Gasteiger partial charge in [0.05, 0.1) is 6.10 Å². The van der Waals surface area contributed by atoms with Gasteiger partial charge in [0.1, 0.15) is 5.82 Å².